The molecule has 3 aromatic rings. The van der Waals surface area contributed by atoms with Crippen LogP contribution in [0.4, 0.5) is 5.82 Å². The number of hydrogen-bond donors (Lipinski definition) is 1. The summed E-state index contributed by atoms with van der Waals surface area (Å²) in [6, 6.07) is 3.15. The molecule has 154 valence electrons. The molecule has 29 heavy (non-hydrogen) atoms. The minimum absolute atomic E-state index is 0.111. The molecule has 1 amide bonds. The molecule has 4 heterocycles. The fourth-order valence-electron chi connectivity index (χ4n) is 3.14. The standard InChI is InChI=1S/C17H19N5O5S2/c1-10-6-14(20-26-10)19-17(23)12-4-3-5-22(8-12)29(24,25)15-7-13(9-28-15)16-18-11(2)27-21-16/h6-7,9,12H,3-5,8H2,1-2H3,(H,19,20,23)/t12-/m1/s1. The fraction of sp³-hybridized carbons (Fsp3) is 0.412. The molecule has 1 aliphatic heterocycles. The zero-order valence-corrected chi connectivity index (χ0v) is 17.4. The summed E-state index contributed by atoms with van der Waals surface area (Å²) in [4.78, 5) is 16.7. The molecule has 1 N–H and O–H groups in total. The van der Waals surface area contributed by atoms with Crippen molar-refractivity contribution in [1.29, 1.82) is 0 Å². The molecule has 0 aliphatic carbocycles. The summed E-state index contributed by atoms with van der Waals surface area (Å²) in [6.07, 6.45) is 1.20. The van der Waals surface area contributed by atoms with Crippen LogP contribution in [0.5, 0.6) is 0 Å². The first kappa shape index (κ1) is 19.7. The van der Waals surface area contributed by atoms with Gasteiger partial charge in [-0.2, -0.15) is 9.29 Å². The van der Waals surface area contributed by atoms with Crippen molar-refractivity contribution >= 4 is 33.1 Å². The molecule has 12 heteroatoms. The van der Waals surface area contributed by atoms with Gasteiger partial charge in [0.05, 0.1) is 5.92 Å². The van der Waals surface area contributed by atoms with Crippen molar-refractivity contribution in [3.8, 4) is 11.4 Å². The molecule has 1 aliphatic rings. The smallest absolute Gasteiger partial charge is 0.252 e. The highest BCUT2D eigenvalue weighted by Gasteiger charge is 2.34. The second kappa shape index (κ2) is 7.69. The maximum absolute atomic E-state index is 13.1. The van der Waals surface area contributed by atoms with Crippen LogP contribution in [0, 0.1) is 19.8 Å². The van der Waals surface area contributed by atoms with E-state index in [1.165, 1.54) is 10.4 Å². The highest BCUT2D eigenvalue weighted by molar-refractivity contribution is 7.91. The predicted molar refractivity (Wildman–Crippen MR) is 104 cm³/mol. The van der Waals surface area contributed by atoms with Gasteiger partial charge in [-0.1, -0.05) is 10.3 Å². The van der Waals surface area contributed by atoms with Crippen LogP contribution in [-0.2, 0) is 14.8 Å². The molecule has 0 saturated carbocycles. The van der Waals surface area contributed by atoms with Crippen molar-refractivity contribution in [2.24, 2.45) is 5.92 Å². The van der Waals surface area contributed by atoms with Crippen molar-refractivity contribution in [1.82, 2.24) is 19.6 Å². The van der Waals surface area contributed by atoms with Gasteiger partial charge in [-0.3, -0.25) is 4.79 Å². The van der Waals surface area contributed by atoms with Gasteiger partial charge in [-0.05, 0) is 25.8 Å². The van der Waals surface area contributed by atoms with Crippen LogP contribution in [0.2, 0.25) is 0 Å². The highest BCUT2D eigenvalue weighted by Crippen LogP contribution is 2.31. The monoisotopic (exact) mass is 437 g/mol. The summed E-state index contributed by atoms with van der Waals surface area (Å²) in [6.45, 7) is 3.87. The van der Waals surface area contributed by atoms with Gasteiger partial charge in [0.25, 0.3) is 10.0 Å². The van der Waals surface area contributed by atoms with Gasteiger partial charge in [0, 0.05) is 37.0 Å². The molecule has 1 fully saturated rings. The van der Waals surface area contributed by atoms with Crippen molar-refractivity contribution in [2.75, 3.05) is 18.4 Å². The Morgan fingerprint density at radius 3 is 2.79 bits per heavy atom. The van der Waals surface area contributed by atoms with E-state index in [2.05, 4.69) is 20.6 Å². The van der Waals surface area contributed by atoms with E-state index in [1.54, 1.807) is 25.3 Å². The Bertz CT molecular complexity index is 1130. The van der Waals surface area contributed by atoms with E-state index in [9.17, 15) is 13.2 Å². The minimum Gasteiger partial charge on any atom is -0.360 e. The van der Waals surface area contributed by atoms with Crippen LogP contribution >= 0.6 is 11.3 Å². The van der Waals surface area contributed by atoms with E-state index in [-0.39, 0.29) is 16.7 Å². The molecule has 3 aromatic heterocycles. The summed E-state index contributed by atoms with van der Waals surface area (Å²) in [7, 11) is -3.73. The normalized spacial score (nSPS) is 18.1. The molecule has 1 saturated heterocycles. The van der Waals surface area contributed by atoms with Gasteiger partial charge >= 0.3 is 0 Å². The number of carbonyl (C=O) groups is 1. The minimum atomic E-state index is -3.73. The summed E-state index contributed by atoms with van der Waals surface area (Å²) in [5, 5.41) is 11.9. The van der Waals surface area contributed by atoms with Crippen LogP contribution in [0.3, 0.4) is 0 Å². The Morgan fingerprint density at radius 1 is 1.28 bits per heavy atom. The van der Waals surface area contributed by atoms with Crippen LogP contribution in [-0.4, -0.2) is 47.0 Å². The number of anilines is 1. The van der Waals surface area contributed by atoms with E-state index in [0.29, 0.717) is 48.2 Å². The number of rotatable bonds is 5. The number of carbonyl (C=O) groups excluding carboxylic acids is 1. The number of hydrogen-bond acceptors (Lipinski definition) is 9. The number of thiophene rings is 1. The summed E-state index contributed by atoms with van der Waals surface area (Å²) in [5.41, 5.74) is 0.582. The molecule has 0 aromatic carbocycles. The van der Waals surface area contributed by atoms with Gasteiger partial charge in [0.15, 0.2) is 5.82 Å². The first-order valence-electron chi connectivity index (χ1n) is 8.96. The van der Waals surface area contributed by atoms with Crippen molar-refractivity contribution in [3.05, 3.63) is 29.2 Å². The van der Waals surface area contributed by atoms with E-state index in [4.69, 9.17) is 9.05 Å². The van der Waals surface area contributed by atoms with E-state index < -0.39 is 15.9 Å². The Hall–Kier alpha value is -2.57. The average molecular weight is 438 g/mol. The predicted octanol–water partition coefficient (Wildman–Crippen LogP) is 2.44. The Balaban J connectivity index is 1.48. The van der Waals surface area contributed by atoms with Crippen LogP contribution in [0.15, 0.2) is 30.8 Å². The lowest BCUT2D eigenvalue weighted by atomic mass is 9.99. The molecule has 0 radical (unpaired) electrons. The zero-order chi connectivity index (χ0) is 20.6. The quantitative estimate of drug-likeness (QED) is 0.644. The zero-order valence-electron chi connectivity index (χ0n) is 15.8. The third-order valence-corrected chi connectivity index (χ3v) is 7.87. The van der Waals surface area contributed by atoms with E-state index >= 15 is 0 Å². The lowest BCUT2D eigenvalue weighted by molar-refractivity contribution is -0.120. The summed E-state index contributed by atoms with van der Waals surface area (Å²) >= 11 is 1.09. The van der Waals surface area contributed by atoms with E-state index in [1.807, 2.05) is 0 Å². The first-order valence-corrected chi connectivity index (χ1v) is 11.3. The molecular weight excluding hydrogens is 418 g/mol. The molecule has 0 spiro atoms. The number of sulfonamides is 1. The van der Waals surface area contributed by atoms with Gasteiger partial charge in [-0.25, -0.2) is 8.42 Å². The maximum atomic E-state index is 13.1. The topological polar surface area (TPSA) is 131 Å². The fourth-order valence-corrected chi connectivity index (χ4v) is 5.98. The molecule has 0 unspecified atom stereocenters. The van der Waals surface area contributed by atoms with Gasteiger partial charge in [-0.15, -0.1) is 11.3 Å². The van der Waals surface area contributed by atoms with Gasteiger partial charge in [0.2, 0.25) is 17.6 Å². The van der Waals surface area contributed by atoms with Gasteiger partial charge < -0.3 is 14.4 Å². The second-order valence-electron chi connectivity index (χ2n) is 6.81. The molecule has 0 bridgehead atoms. The number of piperidine rings is 1. The van der Waals surface area contributed by atoms with Gasteiger partial charge in [0.1, 0.15) is 9.97 Å². The van der Waals surface area contributed by atoms with Crippen molar-refractivity contribution in [3.63, 3.8) is 0 Å². The summed E-state index contributed by atoms with van der Waals surface area (Å²) < 4.78 is 37.6. The molecule has 10 nitrogen and oxygen atoms in total. The third kappa shape index (κ3) is 4.09. The number of nitrogens with zero attached hydrogens (tertiary/aromatic N) is 4. The third-order valence-electron chi connectivity index (χ3n) is 4.59. The van der Waals surface area contributed by atoms with Crippen LogP contribution < -0.4 is 5.32 Å². The number of amides is 1. The number of aryl methyl sites for hydroxylation is 2. The molecule has 4 rings (SSSR count). The largest absolute Gasteiger partial charge is 0.360 e. The average Bonchev–Trinajstić information content (AvgIpc) is 3.43. The Morgan fingerprint density at radius 2 is 2.10 bits per heavy atom. The second-order valence-corrected chi connectivity index (χ2v) is 9.88. The Labute approximate surface area is 170 Å². The van der Waals surface area contributed by atoms with Crippen molar-refractivity contribution < 1.29 is 22.3 Å². The Kier molecular flexibility index (Phi) is 5.23. The first-order chi connectivity index (χ1) is 13.8. The highest BCUT2D eigenvalue weighted by atomic mass is 32.2. The van der Waals surface area contributed by atoms with Crippen molar-refractivity contribution in [2.45, 2.75) is 30.9 Å². The molecular formula is C17H19N5O5S2. The lowest BCUT2D eigenvalue weighted by Crippen LogP contribution is -2.43. The van der Waals surface area contributed by atoms with Crippen LogP contribution in [0.25, 0.3) is 11.4 Å². The SMILES string of the molecule is Cc1cc(NC(=O)[C@@H]2CCCN(S(=O)(=O)c3cc(-c4noc(C)n4)cs3)C2)no1. The van der Waals surface area contributed by atoms with Crippen LogP contribution in [0.1, 0.15) is 24.5 Å². The molecule has 1 atom stereocenters. The summed E-state index contributed by atoms with van der Waals surface area (Å²) in [5.74, 6) is 0.924. The van der Waals surface area contributed by atoms with E-state index in [0.717, 1.165) is 11.3 Å². The number of nitrogens with one attached hydrogen (secondary N) is 1. The number of aromatic nitrogens is 3. The maximum Gasteiger partial charge on any atom is 0.252 e. The lowest BCUT2D eigenvalue weighted by Gasteiger charge is -2.30.